The minimum atomic E-state index is -1.41. The van der Waals surface area contributed by atoms with Gasteiger partial charge in [0.2, 0.25) is 0 Å². The van der Waals surface area contributed by atoms with E-state index in [9.17, 15) is 9.18 Å². The summed E-state index contributed by atoms with van der Waals surface area (Å²) in [4.78, 5) is 9.76. The van der Waals surface area contributed by atoms with E-state index in [4.69, 9.17) is 0 Å². The lowest BCUT2D eigenvalue weighted by Crippen LogP contribution is -2.10. The van der Waals surface area contributed by atoms with Crippen LogP contribution in [0.15, 0.2) is 0 Å². The predicted molar refractivity (Wildman–Crippen MR) is 35.4 cm³/mol. The third-order valence-corrected chi connectivity index (χ3v) is 2.07. The van der Waals surface area contributed by atoms with Crippen molar-refractivity contribution in [2.24, 2.45) is 0 Å². The van der Waals surface area contributed by atoms with Crippen LogP contribution < -0.4 is 0 Å². The Hall–Kier alpha value is 0.1000. The molecular formula is C3H6FNOS2. The highest BCUT2D eigenvalue weighted by Crippen LogP contribution is 2.20. The molecule has 8 heavy (non-hydrogen) atoms. The molecule has 0 bridgehead atoms. The number of halogens is 1. The highest BCUT2D eigenvalue weighted by atomic mass is 33.1. The van der Waals surface area contributed by atoms with Crippen LogP contribution in [0.5, 0.6) is 0 Å². The molecule has 0 aromatic carbocycles. The molecule has 0 aliphatic carbocycles. The van der Waals surface area contributed by atoms with E-state index >= 15 is 0 Å². The summed E-state index contributed by atoms with van der Waals surface area (Å²) in [6.07, 6.45) is 0.355. The van der Waals surface area contributed by atoms with Gasteiger partial charge >= 0.3 is 6.16 Å². The molecule has 0 fully saturated rings. The third kappa shape index (κ3) is 3.15. The molecule has 48 valence electrons. The molecule has 0 radical (unpaired) electrons. The van der Waals surface area contributed by atoms with E-state index in [-0.39, 0.29) is 0 Å². The lowest BCUT2D eigenvalue weighted by molar-refractivity contribution is 0.210. The Morgan fingerprint density at radius 1 is 1.75 bits per heavy atom. The lowest BCUT2D eigenvalue weighted by Gasteiger charge is -2.05. The van der Waals surface area contributed by atoms with Gasteiger partial charge in [0, 0.05) is 18.0 Å². The van der Waals surface area contributed by atoms with Crippen LogP contribution in [-0.4, -0.2) is 23.8 Å². The van der Waals surface area contributed by atoms with Crippen molar-refractivity contribution in [1.82, 2.24) is 4.31 Å². The zero-order valence-electron chi connectivity index (χ0n) is 4.55. The number of nitrogens with zero attached hydrogens (tertiary/aromatic N) is 1. The molecule has 0 saturated carbocycles. The summed E-state index contributed by atoms with van der Waals surface area (Å²) in [6, 6.07) is 0. The van der Waals surface area contributed by atoms with Gasteiger partial charge in [-0.1, -0.05) is 10.8 Å². The first-order chi connectivity index (χ1) is 3.68. The van der Waals surface area contributed by atoms with Crippen LogP contribution in [0, 0.1) is 0 Å². The van der Waals surface area contributed by atoms with Crippen LogP contribution in [0.3, 0.4) is 0 Å². The van der Waals surface area contributed by atoms with Crippen molar-refractivity contribution in [2.75, 3.05) is 13.3 Å². The molecule has 0 rings (SSSR count). The molecule has 0 heterocycles. The molecule has 5 heteroatoms. The molecule has 0 atom stereocenters. The molecule has 0 N–H and O–H groups in total. The number of rotatable bonds is 2. The summed E-state index contributed by atoms with van der Waals surface area (Å²) in [5, 5.41) is 0. The predicted octanol–water partition coefficient (Wildman–Crippen LogP) is 1.93. The van der Waals surface area contributed by atoms with Gasteiger partial charge in [0.25, 0.3) is 0 Å². The fourth-order valence-corrected chi connectivity index (χ4v) is 1.27. The van der Waals surface area contributed by atoms with Gasteiger partial charge in [-0.05, 0) is 6.26 Å². The van der Waals surface area contributed by atoms with Crippen LogP contribution in [0.1, 0.15) is 0 Å². The second-order valence-electron chi connectivity index (χ2n) is 0.992. The monoisotopic (exact) mass is 155 g/mol. The van der Waals surface area contributed by atoms with Crippen molar-refractivity contribution < 1.29 is 9.18 Å². The summed E-state index contributed by atoms with van der Waals surface area (Å²) in [6.45, 7) is 0. The number of amides is 1. The van der Waals surface area contributed by atoms with Crippen molar-refractivity contribution >= 4 is 27.9 Å². The number of carbonyl (C=O) groups excluding carboxylic acids is 1. The number of hydrogen-bond donors (Lipinski definition) is 0. The highest BCUT2D eigenvalue weighted by molar-refractivity contribution is 8.75. The molecule has 0 aliphatic heterocycles. The Morgan fingerprint density at radius 2 is 2.25 bits per heavy atom. The zero-order chi connectivity index (χ0) is 6.57. The van der Waals surface area contributed by atoms with Crippen LogP contribution in [0.25, 0.3) is 0 Å². The smallest absolute Gasteiger partial charge is 0.252 e. The summed E-state index contributed by atoms with van der Waals surface area (Å²) in [5.41, 5.74) is 0. The Balaban J connectivity index is 3.32. The molecule has 0 aromatic rings. The minimum Gasteiger partial charge on any atom is -0.252 e. The fraction of sp³-hybridized carbons (Fsp3) is 0.667. The molecule has 2 nitrogen and oxygen atoms in total. The van der Waals surface area contributed by atoms with E-state index in [1.54, 1.807) is 6.26 Å². The average Bonchev–Trinajstić information content (AvgIpc) is 1.67. The topological polar surface area (TPSA) is 20.3 Å². The van der Waals surface area contributed by atoms with Gasteiger partial charge in [-0.25, -0.2) is 4.79 Å². The summed E-state index contributed by atoms with van der Waals surface area (Å²) in [7, 11) is 3.76. The van der Waals surface area contributed by atoms with E-state index in [1.165, 1.54) is 17.8 Å². The Kier molecular flexibility index (Phi) is 4.08. The number of carbonyl (C=O) groups is 1. The van der Waals surface area contributed by atoms with Crippen LogP contribution in [0.2, 0.25) is 0 Å². The van der Waals surface area contributed by atoms with E-state index in [0.717, 1.165) is 15.3 Å². The maximum atomic E-state index is 11.5. The molecular weight excluding hydrogens is 149 g/mol. The van der Waals surface area contributed by atoms with Gasteiger partial charge in [0.05, 0.1) is 0 Å². The second-order valence-corrected chi connectivity index (χ2v) is 3.47. The van der Waals surface area contributed by atoms with Gasteiger partial charge in [0.15, 0.2) is 0 Å². The maximum Gasteiger partial charge on any atom is 0.410 e. The summed E-state index contributed by atoms with van der Waals surface area (Å²) >= 11 is 0. The van der Waals surface area contributed by atoms with Gasteiger partial charge in [-0.2, -0.15) is 0 Å². The minimum absolute atomic E-state index is 0.921. The molecule has 0 aromatic heterocycles. The molecule has 0 saturated heterocycles. The highest BCUT2D eigenvalue weighted by Gasteiger charge is 2.03. The summed E-state index contributed by atoms with van der Waals surface area (Å²) < 4.78 is 12.5. The van der Waals surface area contributed by atoms with Crippen molar-refractivity contribution in [1.29, 1.82) is 0 Å². The third-order valence-electron chi connectivity index (χ3n) is 0.434. The van der Waals surface area contributed by atoms with Crippen LogP contribution >= 0.6 is 21.8 Å². The first-order valence-corrected chi connectivity index (χ1v) is 4.34. The van der Waals surface area contributed by atoms with Crippen molar-refractivity contribution in [3.63, 3.8) is 0 Å². The van der Waals surface area contributed by atoms with Gasteiger partial charge < -0.3 is 0 Å². The SMILES string of the molecule is CSSN(C)C(=O)F. The van der Waals surface area contributed by atoms with Crippen molar-refractivity contribution in [3.8, 4) is 0 Å². The van der Waals surface area contributed by atoms with Crippen LogP contribution in [-0.2, 0) is 0 Å². The average molecular weight is 155 g/mol. The van der Waals surface area contributed by atoms with E-state index in [0.29, 0.717) is 0 Å². The fourth-order valence-electron chi connectivity index (χ4n) is 0.141. The lowest BCUT2D eigenvalue weighted by atomic mass is 11.2. The quantitative estimate of drug-likeness (QED) is 0.263. The Morgan fingerprint density at radius 3 is 2.38 bits per heavy atom. The maximum absolute atomic E-state index is 11.5. The van der Waals surface area contributed by atoms with Gasteiger partial charge in [-0.15, -0.1) is 4.39 Å². The summed E-state index contributed by atoms with van der Waals surface area (Å²) in [5.74, 6) is 0. The van der Waals surface area contributed by atoms with E-state index in [2.05, 4.69) is 0 Å². The zero-order valence-corrected chi connectivity index (χ0v) is 6.18. The van der Waals surface area contributed by atoms with Gasteiger partial charge in [0.1, 0.15) is 0 Å². The first kappa shape index (κ1) is 8.10. The Labute approximate surface area is 55.3 Å². The normalized spacial score (nSPS) is 8.88. The van der Waals surface area contributed by atoms with Crippen molar-refractivity contribution in [3.05, 3.63) is 0 Å². The standard InChI is InChI=1S/C3H6FNOS2/c1-5(3(4)6)8-7-2/h1-2H3. The first-order valence-electron chi connectivity index (χ1n) is 1.82. The Bertz CT molecular complexity index is 89.4. The molecule has 0 unspecified atom stereocenters. The number of hydrogen-bond acceptors (Lipinski definition) is 3. The van der Waals surface area contributed by atoms with Crippen LogP contribution in [0.4, 0.5) is 9.18 Å². The second kappa shape index (κ2) is 4.03. The van der Waals surface area contributed by atoms with E-state index in [1.807, 2.05) is 0 Å². The molecule has 0 aliphatic rings. The largest absolute Gasteiger partial charge is 0.410 e. The van der Waals surface area contributed by atoms with Gasteiger partial charge in [-0.3, -0.25) is 4.31 Å². The molecule has 0 spiro atoms. The molecule has 1 amide bonds. The van der Waals surface area contributed by atoms with Crippen molar-refractivity contribution in [2.45, 2.75) is 0 Å². The van der Waals surface area contributed by atoms with E-state index < -0.39 is 6.16 Å².